The summed E-state index contributed by atoms with van der Waals surface area (Å²) in [7, 11) is 0. The zero-order valence-corrected chi connectivity index (χ0v) is 7.63. The molecular formula is C9H16N2O. The summed E-state index contributed by atoms with van der Waals surface area (Å²) in [5.41, 5.74) is 0. The van der Waals surface area contributed by atoms with Gasteiger partial charge in [0.2, 0.25) is 0 Å². The lowest BCUT2D eigenvalue weighted by Crippen LogP contribution is -2.41. The Morgan fingerprint density at radius 3 is 2.75 bits per heavy atom. The molecule has 12 heavy (non-hydrogen) atoms. The van der Waals surface area contributed by atoms with Gasteiger partial charge in [-0.3, -0.25) is 0 Å². The van der Waals surface area contributed by atoms with Crippen molar-refractivity contribution in [2.75, 3.05) is 0 Å². The van der Waals surface area contributed by atoms with Crippen molar-refractivity contribution in [3.63, 3.8) is 0 Å². The van der Waals surface area contributed by atoms with Gasteiger partial charge in [-0.2, -0.15) is 0 Å². The molecule has 0 aliphatic heterocycles. The molecule has 3 heteroatoms. The van der Waals surface area contributed by atoms with Crippen molar-refractivity contribution in [1.82, 2.24) is 10.6 Å². The van der Waals surface area contributed by atoms with Gasteiger partial charge in [0.15, 0.2) is 0 Å². The number of carbonyl (C=O) groups excluding carboxylic acids is 1. The van der Waals surface area contributed by atoms with Crippen LogP contribution in [-0.4, -0.2) is 18.1 Å². The first-order chi connectivity index (χ1) is 5.63. The zero-order chi connectivity index (χ0) is 9.14. The fourth-order valence-electron chi connectivity index (χ4n) is 0.999. The number of urea groups is 1. The first-order valence-electron chi connectivity index (χ1n) is 4.33. The summed E-state index contributed by atoms with van der Waals surface area (Å²) in [5.74, 6) is 0.648. The van der Waals surface area contributed by atoms with Crippen molar-refractivity contribution >= 4 is 6.03 Å². The second kappa shape index (κ2) is 3.61. The van der Waals surface area contributed by atoms with E-state index >= 15 is 0 Å². The summed E-state index contributed by atoms with van der Waals surface area (Å²) in [4.78, 5) is 11.1. The first kappa shape index (κ1) is 9.10. The topological polar surface area (TPSA) is 41.1 Å². The third kappa shape index (κ3) is 2.57. The Morgan fingerprint density at radius 1 is 1.75 bits per heavy atom. The van der Waals surface area contributed by atoms with Crippen molar-refractivity contribution in [2.24, 2.45) is 5.92 Å². The smallest absolute Gasteiger partial charge is 0.315 e. The third-order valence-electron chi connectivity index (χ3n) is 2.14. The third-order valence-corrected chi connectivity index (χ3v) is 2.14. The molecule has 1 saturated carbocycles. The van der Waals surface area contributed by atoms with Crippen molar-refractivity contribution in [2.45, 2.75) is 32.4 Å². The van der Waals surface area contributed by atoms with Gasteiger partial charge in [-0.25, -0.2) is 4.79 Å². The van der Waals surface area contributed by atoms with E-state index in [2.05, 4.69) is 24.1 Å². The number of carbonyl (C=O) groups is 1. The van der Waals surface area contributed by atoms with Crippen LogP contribution in [-0.2, 0) is 0 Å². The molecule has 3 atom stereocenters. The molecule has 0 spiro atoms. The minimum Gasteiger partial charge on any atom is -0.335 e. The highest BCUT2D eigenvalue weighted by Gasteiger charge is 2.33. The minimum absolute atomic E-state index is 0.0408. The van der Waals surface area contributed by atoms with Gasteiger partial charge in [0.1, 0.15) is 0 Å². The van der Waals surface area contributed by atoms with Gasteiger partial charge >= 0.3 is 6.03 Å². The van der Waals surface area contributed by atoms with Crippen LogP contribution in [0.3, 0.4) is 0 Å². The summed E-state index contributed by atoms with van der Waals surface area (Å²) < 4.78 is 0. The van der Waals surface area contributed by atoms with Crippen LogP contribution in [0.1, 0.15) is 20.3 Å². The van der Waals surface area contributed by atoms with E-state index in [1.807, 2.05) is 6.92 Å². The van der Waals surface area contributed by atoms with Gasteiger partial charge in [-0.1, -0.05) is 13.0 Å². The fourth-order valence-corrected chi connectivity index (χ4v) is 0.999. The molecule has 2 amide bonds. The molecular weight excluding hydrogens is 152 g/mol. The number of rotatable bonds is 3. The van der Waals surface area contributed by atoms with Crippen LogP contribution in [0.25, 0.3) is 0 Å². The Bertz CT molecular complexity index is 191. The normalized spacial score (nSPS) is 28.8. The summed E-state index contributed by atoms with van der Waals surface area (Å²) in [6.07, 6.45) is 2.81. The fraction of sp³-hybridized carbons (Fsp3) is 0.667. The summed E-state index contributed by atoms with van der Waals surface area (Å²) in [6, 6.07) is 0.345. The monoisotopic (exact) mass is 168 g/mol. The molecule has 1 aliphatic rings. The van der Waals surface area contributed by atoms with Gasteiger partial charge in [0.05, 0.1) is 0 Å². The second-order valence-electron chi connectivity index (χ2n) is 3.46. The van der Waals surface area contributed by atoms with E-state index < -0.39 is 0 Å². The number of amides is 2. The highest BCUT2D eigenvalue weighted by molar-refractivity contribution is 5.75. The molecule has 1 unspecified atom stereocenters. The lowest BCUT2D eigenvalue weighted by molar-refractivity contribution is 0.238. The summed E-state index contributed by atoms with van der Waals surface area (Å²) in [6.45, 7) is 7.60. The average molecular weight is 168 g/mol. The average Bonchev–Trinajstić information content (AvgIpc) is 2.66. The standard InChI is InChI=1S/C9H16N2O/c1-4-7(3)10-9(12)11-8-5-6(8)2/h4,6-8H,1,5H2,2-3H3,(H2,10,11,12)/t6-,7?,8-/m1/s1. The predicted octanol–water partition coefficient (Wildman–Crippen LogP) is 1.27. The van der Waals surface area contributed by atoms with Gasteiger partial charge in [0.25, 0.3) is 0 Å². The highest BCUT2D eigenvalue weighted by Crippen LogP contribution is 2.28. The van der Waals surface area contributed by atoms with Gasteiger partial charge in [-0.15, -0.1) is 6.58 Å². The molecule has 0 aromatic rings. The maximum absolute atomic E-state index is 11.1. The van der Waals surface area contributed by atoms with Crippen molar-refractivity contribution < 1.29 is 4.79 Å². The molecule has 3 nitrogen and oxygen atoms in total. The van der Waals surface area contributed by atoms with Crippen LogP contribution >= 0.6 is 0 Å². The molecule has 0 aromatic heterocycles. The summed E-state index contributed by atoms with van der Waals surface area (Å²) >= 11 is 0. The van der Waals surface area contributed by atoms with E-state index in [1.165, 1.54) is 0 Å². The maximum Gasteiger partial charge on any atom is 0.315 e. The quantitative estimate of drug-likeness (QED) is 0.612. The molecule has 0 saturated heterocycles. The molecule has 1 fully saturated rings. The number of nitrogens with one attached hydrogen (secondary N) is 2. The lowest BCUT2D eigenvalue weighted by Gasteiger charge is -2.09. The first-order valence-corrected chi connectivity index (χ1v) is 4.33. The van der Waals surface area contributed by atoms with E-state index in [1.54, 1.807) is 6.08 Å². The molecule has 68 valence electrons. The molecule has 0 bridgehead atoms. The number of hydrogen-bond donors (Lipinski definition) is 2. The SMILES string of the molecule is C=CC(C)NC(=O)N[C@@H]1C[C@H]1C. The Balaban J connectivity index is 2.16. The zero-order valence-electron chi connectivity index (χ0n) is 7.63. The Hall–Kier alpha value is -0.990. The Kier molecular flexibility index (Phi) is 2.74. The summed E-state index contributed by atoms with van der Waals surface area (Å²) in [5, 5.41) is 5.62. The predicted molar refractivity (Wildman–Crippen MR) is 48.9 cm³/mol. The van der Waals surface area contributed by atoms with E-state index in [4.69, 9.17) is 0 Å². The van der Waals surface area contributed by atoms with Gasteiger partial charge in [-0.05, 0) is 19.3 Å². The second-order valence-corrected chi connectivity index (χ2v) is 3.46. The molecule has 2 N–H and O–H groups in total. The molecule has 1 aliphatic carbocycles. The van der Waals surface area contributed by atoms with E-state index in [0.29, 0.717) is 12.0 Å². The maximum atomic E-state index is 11.1. The molecule has 1 rings (SSSR count). The van der Waals surface area contributed by atoms with Crippen LogP contribution in [0.5, 0.6) is 0 Å². The van der Waals surface area contributed by atoms with Crippen LogP contribution in [0.2, 0.25) is 0 Å². The highest BCUT2D eigenvalue weighted by atomic mass is 16.2. The van der Waals surface area contributed by atoms with E-state index in [9.17, 15) is 4.79 Å². The van der Waals surface area contributed by atoms with Crippen molar-refractivity contribution in [3.05, 3.63) is 12.7 Å². The lowest BCUT2D eigenvalue weighted by atomic mass is 10.3. The van der Waals surface area contributed by atoms with Crippen molar-refractivity contribution in [1.29, 1.82) is 0 Å². The Labute approximate surface area is 73.2 Å². The Morgan fingerprint density at radius 2 is 2.33 bits per heavy atom. The van der Waals surface area contributed by atoms with Gasteiger partial charge < -0.3 is 10.6 Å². The van der Waals surface area contributed by atoms with Crippen LogP contribution in [0.15, 0.2) is 12.7 Å². The van der Waals surface area contributed by atoms with E-state index in [0.717, 1.165) is 6.42 Å². The largest absolute Gasteiger partial charge is 0.335 e. The molecule has 0 heterocycles. The number of hydrogen-bond acceptors (Lipinski definition) is 1. The van der Waals surface area contributed by atoms with Crippen LogP contribution in [0, 0.1) is 5.92 Å². The van der Waals surface area contributed by atoms with Gasteiger partial charge in [0, 0.05) is 12.1 Å². The molecule has 0 aromatic carbocycles. The van der Waals surface area contributed by atoms with Crippen LogP contribution < -0.4 is 10.6 Å². The minimum atomic E-state index is -0.0863. The van der Waals surface area contributed by atoms with Crippen LogP contribution in [0.4, 0.5) is 4.79 Å². The van der Waals surface area contributed by atoms with E-state index in [-0.39, 0.29) is 12.1 Å². The van der Waals surface area contributed by atoms with Crippen molar-refractivity contribution in [3.8, 4) is 0 Å². The molecule has 0 radical (unpaired) electrons.